The lowest BCUT2D eigenvalue weighted by atomic mass is 9.86. The van der Waals surface area contributed by atoms with Gasteiger partial charge in [0.1, 0.15) is 6.61 Å². The van der Waals surface area contributed by atoms with Crippen LogP contribution in [0.5, 0.6) is 0 Å². The van der Waals surface area contributed by atoms with Crippen LogP contribution in [0.25, 0.3) is 22.3 Å². The number of aromatic nitrogens is 2. The van der Waals surface area contributed by atoms with Gasteiger partial charge < -0.3 is 19.7 Å². The van der Waals surface area contributed by atoms with Gasteiger partial charge in [0.05, 0.1) is 40.4 Å². The standard InChI is InChI=1S/C25H24N4O5/c1-3-5-9-28-21-13-11-29-18(10-15-14(22(29)30)12-34-23(31)25(15,33)4-2)20(13)26-16-7-6-8-17(19(16)21)27-24(28)32/h6-8,10,33H,3-5,9,11-12H2,1-2H3,(H,27,32). The first kappa shape index (κ1) is 20.9. The highest BCUT2D eigenvalue weighted by molar-refractivity contribution is 6.19. The number of aliphatic hydroxyl groups is 1. The molecule has 1 atom stereocenters. The van der Waals surface area contributed by atoms with Crippen molar-refractivity contribution in [3.8, 4) is 11.4 Å². The summed E-state index contributed by atoms with van der Waals surface area (Å²) < 4.78 is 6.76. The highest BCUT2D eigenvalue weighted by Crippen LogP contribution is 2.46. The molecular formula is C25H24N4O5. The molecule has 0 saturated heterocycles. The Morgan fingerprint density at radius 1 is 1.21 bits per heavy atom. The lowest BCUT2D eigenvalue weighted by molar-refractivity contribution is -0.172. The molecule has 3 aromatic rings. The van der Waals surface area contributed by atoms with Crippen molar-refractivity contribution in [3.63, 3.8) is 0 Å². The van der Waals surface area contributed by atoms with E-state index in [2.05, 4.69) is 12.2 Å². The first-order valence-corrected chi connectivity index (χ1v) is 11.6. The fraction of sp³-hybridized carbons (Fsp3) is 0.360. The van der Waals surface area contributed by atoms with Gasteiger partial charge in [0.2, 0.25) is 0 Å². The normalized spacial score (nSPS) is 20.0. The number of rotatable bonds is 4. The molecule has 0 aliphatic carbocycles. The van der Waals surface area contributed by atoms with Crippen LogP contribution >= 0.6 is 0 Å². The molecule has 2 amide bonds. The molecule has 34 heavy (non-hydrogen) atoms. The van der Waals surface area contributed by atoms with E-state index in [1.54, 1.807) is 22.5 Å². The number of pyridine rings is 2. The van der Waals surface area contributed by atoms with Crippen molar-refractivity contribution in [2.45, 2.75) is 51.9 Å². The molecule has 1 aromatic carbocycles. The maximum atomic E-state index is 13.5. The third kappa shape index (κ3) is 2.58. The number of carbonyl (C=O) groups is 2. The largest absolute Gasteiger partial charge is 0.458 e. The Bertz CT molecular complexity index is 1480. The number of unbranched alkanes of at least 4 members (excludes halogenated alkanes) is 1. The topological polar surface area (TPSA) is 114 Å². The van der Waals surface area contributed by atoms with Crippen molar-refractivity contribution in [1.29, 1.82) is 0 Å². The fourth-order valence-electron chi connectivity index (χ4n) is 5.32. The number of anilines is 2. The van der Waals surface area contributed by atoms with Gasteiger partial charge in [-0.15, -0.1) is 0 Å². The highest BCUT2D eigenvalue weighted by Gasteiger charge is 2.46. The molecule has 2 aromatic heterocycles. The molecule has 0 saturated carbocycles. The number of cyclic esters (lactones) is 1. The molecule has 9 heteroatoms. The Morgan fingerprint density at radius 3 is 2.79 bits per heavy atom. The number of nitrogens with one attached hydrogen (secondary N) is 1. The molecule has 3 aliphatic rings. The van der Waals surface area contributed by atoms with Crippen molar-refractivity contribution >= 4 is 34.3 Å². The van der Waals surface area contributed by atoms with Crippen LogP contribution in [0, 0.1) is 0 Å². The van der Waals surface area contributed by atoms with Gasteiger partial charge in [-0.25, -0.2) is 14.6 Å². The van der Waals surface area contributed by atoms with Crippen molar-refractivity contribution in [1.82, 2.24) is 9.55 Å². The molecule has 5 heterocycles. The predicted molar refractivity (Wildman–Crippen MR) is 126 cm³/mol. The number of hydrogen-bond acceptors (Lipinski definition) is 6. The second-order valence-electron chi connectivity index (χ2n) is 9.03. The Hall–Kier alpha value is -3.72. The van der Waals surface area contributed by atoms with Gasteiger partial charge in [-0.05, 0) is 31.0 Å². The van der Waals surface area contributed by atoms with Crippen molar-refractivity contribution in [2.75, 3.05) is 16.8 Å². The molecule has 0 radical (unpaired) electrons. The molecule has 2 N–H and O–H groups in total. The van der Waals surface area contributed by atoms with E-state index in [-0.39, 0.29) is 42.3 Å². The summed E-state index contributed by atoms with van der Waals surface area (Å²) in [6.45, 7) is 4.36. The minimum absolute atomic E-state index is 0.0826. The monoisotopic (exact) mass is 460 g/mol. The van der Waals surface area contributed by atoms with Gasteiger partial charge in [-0.2, -0.15) is 0 Å². The van der Waals surface area contributed by atoms with E-state index < -0.39 is 11.6 Å². The van der Waals surface area contributed by atoms with Crippen LogP contribution in [-0.2, 0) is 28.3 Å². The van der Waals surface area contributed by atoms with E-state index in [0.29, 0.717) is 29.1 Å². The number of benzene rings is 1. The number of nitrogens with zero attached hydrogens (tertiary/aromatic N) is 3. The number of hydrogen-bond donors (Lipinski definition) is 2. The number of esters is 1. The van der Waals surface area contributed by atoms with Gasteiger partial charge in [-0.3, -0.25) is 9.69 Å². The summed E-state index contributed by atoms with van der Waals surface area (Å²) >= 11 is 0. The van der Waals surface area contributed by atoms with Crippen molar-refractivity contribution in [3.05, 3.63) is 51.3 Å². The third-order valence-electron chi connectivity index (χ3n) is 7.18. The molecule has 1 unspecified atom stereocenters. The Labute approximate surface area is 195 Å². The number of carbonyl (C=O) groups excluding carboxylic acids is 2. The summed E-state index contributed by atoms with van der Waals surface area (Å²) in [6, 6.07) is 7.07. The van der Waals surface area contributed by atoms with Crippen LogP contribution < -0.4 is 15.8 Å². The molecular weight excluding hydrogens is 436 g/mol. The minimum atomic E-state index is -1.88. The van der Waals surface area contributed by atoms with E-state index in [9.17, 15) is 19.5 Å². The Morgan fingerprint density at radius 2 is 2.03 bits per heavy atom. The van der Waals surface area contributed by atoms with E-state index in [1.807, 2.05) is 18.2 Å². The number of fused-ring (bicyclic) bond motifs is 5. The fourth-order valence-corrected chi connectivity index (χ4v) is 5.32. The summed E-state index contributed by atoms with van der Waals surface area (Å²) in [5.74, 6) is -0.751. The third-order valence-corrected chi connectivity index (χ3v) is 7.18. The zero-order valence-corrected chi connectivity index (χ0v) is 19.0. The number of ether oxygens (including phenoxy) is 1. The molecule has 0 fully saturated rings. The average molecular weight is 460 g/mol. The SMILES string of the molecule is CCCCN1C(=O)Nc2cccc3nc4c(c1c23)Cn1c-4cc2c(c1=O)COC(=O)C2(O)CC. The highest BCUT2D eigenvalue weighted by atomic mass is 16.6. The van der Waals surface area contributed by atoms with Gasteiger partial charge in [-0.1, -0.05) is 26.3 Å². The Kier molecular flexibility index (Phi) is 4.38. The molecule has 0 spiro atoms. The zero-order valence-electron chi connectivity index (χ0n) is 19.0. The average Bonchev–Trinajstić information content (AvgIpc) is 3.20. The van der Waals surface area contributed by atoms with Gasteiger partial charge >= 0.3 is 12.0 Å². The van der Waals surface area contributed by atoms with Crippen molar-refractivity contribution < 1.29 is 19.4 Å². The second kappa shape index (κ2) is 7.14. The molecule has 3 aliphatic heterocycles. The predicted octanol–water partition coefficient (Wildman–Crippen LogP) is 3.23. The van der Waals surface area contributed by atoms with Crippen LogP contribution in [0.1, 0.15) is 49.8 Å². The molecule has 174 valence electrons. The van der Waals surface area contributed by atoms with E-state index in [4.69, 9.17) is 9.72 Å². The summed E-state index contributed by atoms with van der Waals surface area (Å²) in [6.07, 6.45) is 1.84. The van der Waals surface area contributed by atoms with Gasteiger partial charge in [0.25, 0.3) is 5.56 Å². The first-order valence-electron chi connectivity index (χ1n) is 11.6. The summed E-state index contributed by atoms with van der Waals surface area (Å²) in [5, 5.41) is 14.9. The van der Waals surface area contributed by atoms with Gasteiger partial charge in [0.15, 0.2) is 5.60 Å². The van der Waals surface area contributed by atoms with E-state index in [0.717, 1.165) is 29.5 Å². The van der Waals surface area contributed by atoms with E-state index in [1.165, 1.54) is 0 Å². The lowest BCUT2D eigenvalue weighted by Crippen LogP contribution is -2.44. The second-order valence-corrected chi connectivity index (χ2v) is 9.03. The van der Waals surface area contributed by atoms with Crippen LogP contribution in [0.2, 0.25) is 0 Å². The number of amides is 2. The lowest BCUT2D eigenvalue weighted by Gasteiger charge is -2.31. The summed E-state index contributed by atoms with van der Waals surface area (Å²) in [5.41, 5.74) is 2.44. The van der Waals surface area contributed by atoms with Gasteiger partial charge in [0, 0.05) is 23.1 Å². The molecule has 9 nitrogen and oxygen atoms in total. The summed E-state index contributed by atoms with van der Waals surface area (Å²) in [7, 11) is 0. The molecule has 6 rings (SSSR count). The molecule has 0 bridgehead atoms. The van der Waals surface area contributed by atoms with Crippen LogP contribution in [-0.4, -0.2) is 33.2 Å². The van der Waals surface area contributed by atoms with Crippen LogP contribution in [0.15, 0.2) is 29.1 Å². The van der Waals surface area contributed by atoms with Crippen molar-refractivity contribution in [2.24, 2.45) is 0 Å². The maximum absolute atomic E-state index is 13.5. The van der Waals surface area contributed by atoms with Crippen LogP contribution in [0.3, 0.4) is 0 Å². The minimum Gasteiger partial charge on any atom is -0.458 e. The number of urea groups is 1. The summed E-state index contributed by atoms with van der Waals surface area (Å²) in [4.78, 5) is 45.6. The first-order chi connectivity index (χ1) is 16.4. The Balaban J connectivity index is 1.65. The van der Waals surface area contributed by atoms with Crippen LogP contribution in [0.4, 0.5) is 16.2 Å². The smallest absolute Gasteiger partial charge is 0.343 e. The van der Waals surface area contributed by atoms with E-state index >= 15 is 0 Å². The zero-order chi connectivity index (χ0) is 23.8. The quantitative estimate of drug-likeness (QED) is 0.452. The maximum Gasteiger partial charge on any atom is 0.343 e.